The lowest BCUT2D eigenvalue weighted by Gasteiger charge is -2.49. The Kier molecular flexibility index (Phi) is 23.4. The lowest BCUT2D eigenvalue weighted by Crippen LogP contribution is -2.67. The van der Waals surface area contributed by atoms with Crippen LogP contribution in [0.25, 0.3) is 0 Å². The Morgan fingerprint density at radius 2 is 1.07 bits per heavy atom. The van der Waals surface area contributed by atoms with Crippen LogP contribution in [-0.2, 0) is 66.5 Å². The number of fused-ring (bicyclic) bond motifs is 2. The summed E-state index contributed by atoms with van der Waals surface area (Å²) in [6, 6.07) is 0. The molecule has 0 aromatic heterocycles. The molecule has 5 aliphatic rings. The monoisotopic (exact) mass is 1010 g/mol. The number of hydrogen-bond donors (Lipinski definition) is 6. The fraction of sp³-hybridized carbons (Fsp3) is 0.940. The first-order valence-electron chi connectivity index (χ1n) is 26.2. The fourth-order valence-corrected chi connectivity index (χ4v) is 9.50. The Morgan fingerprint density at radius 1 is 0.543 bits per heavy atom. The van der Waals surface area contributed by atoms with Crippen molar-refractivity contribution < 1.29 is 97.1 Å². The summed E-state index contributed by atoms with van der Waals surface area (Å²) in [6.45, 7) is 15.2. The van der Waals surface area contributed by atoms with Gasteiger partial charge in [-0.2, -0.15) is 0 Å². The molecule has 0 aromatic carbocycles. The minimum atomic E-state index is -1.75. The topological polar surface area (TPSA) is 274 Å². The van der Waals surface area contributed by atoms with Gasteiger partial charge < -0.3 is 82.7 Å². The Bertz CT molecular complexity index is 1590. The second-order valence-electron chi connectivity index (χ2n) is 20.2. The summed E-state index contributed by atoms with van der Waals surface area (Å²) in [5.41, 5.74) is 0. The molecule has 70 heavy (non-hydrogen) atoms. The van der Waals surface area contributed by atoms with Crippen LogP contribution in [0.1, 0.15) is 159 Å². The van der Waals surface area contributed by atoms with Gasteiger partial charge in [0.1, 0.15) is 54.9 Å². The maximum Gasteiger partial charge on any atom is 0.309 e. The van der Waals surface area contributed by atoms with Crippen LogP contribution >= 0.6 is 0 Å². The van der Waals surface area contributed by atoms with E-state index in [-0.39, 0.29) is 12.5 Å². The molecule has 20 nitrogen and oxygen atoms in total. The number of rotatable bonds is 14. The Morgan fingerprint density at radius 3 is 1.71 bits per heavy atom. The number of esters is 3. The molecule has 0 aromatic rings. The van der Waals surface area contributed by atoms with E-state index in [9.17, 15) is 45.0 Å². The Labute approximate surface area is 413 Å². The lowest BCUT2D eigenvalue weighted by atomic mass is 9.95. The summed E-state index contributed by atoms with van der Waals surface area (Å²) in [5.74, 6) is -3.04. The Balaban J connectivity index is 1.40. The van der Waals surface area contributed by atoms with Gasteiger partial charge in [-0.1, -0.05) is 92.4 Å². The average molecular weight is 1010 g/mol. The minimum Gasteiger partial charge on any atom is -0.457 e. The van der Waals surface area contributed by atoms with Gasteiger partial charge in [0, 0.05) is 6.42 Å². The highest BCUT2D eigenvalue weighted by molar-refractivity contribution is 5.72. The van der Waals surface area contributed by atoms with Gasteiger partial charge in [0.25, 0.3) is 0 Å². The molecule has 0 spiro atoms. The van der Waals surface area contributed by atoms with Crippen molar-refractivity contribution >= 4 is 17.9 Å². The first-order valence-corrected chi connectivity index (χ1v) is 26.2. The van der Waals surface area contributed by atoms with Crippen molar-refractivity contribution in [1.82, 2.24) is 0 Å². The van der Waals surface area contributed by atoms with E-state index in [4.69, 9.17) is 52.1 Å². The maximum atomic E-state index is 13.6. The van der Waals surface area contributed by atoms with Crippen LogP contribution in [0.3, 0.4) is 0 Å². The van der Waals surface area contributed by atoms with Gasteiger partial charge in [-0.05, 0) is 59.8 Å². The Hall–Kier alpha value is -2.15. The van der Waals surface area contributed by atoms with E-state index in [1.165, 1.54) is 13.8 Å². The molecule has 5 saturated heterocycles. The second kappa shape index (κ2) is 27.9. The van der Waals surface area contributed by atoms with Crippen molar-refractivity contribution in [1.29, 1.82) is 0 Å². The standard InChI is InChI=1S/C50H86O20/c1-10-13-19-22-31-23-20-17-15-14-16-18-21-24-32(51)65-43-37(56)41(30(9)62-49(43)70-42-34(53)33(52)27(6)60-48(42)64-31)69-50-44(67-46(59)26(5)12-3)38(57)40(29(8)63-50)68-47-36(55)35(54)39(28(7)61-47)66-45(58)25(4)11-2/h25-31,33-44,47-50,52-57H,10-24H2,1-9H3/t25-,26-,27+,28-,29-,30-,31-,33-,34-,35-,36+,37+,38+,39-,40-,41-,42+,43+,44+,47-,48-,49-,50-/m0/s1. The molecular weight excluding hydrogens is 921 g/mol. The van der Waals surface area contributed by atoms with Crippen molar-refractivity contribution in [3.05, 3.63) is 0 Å². The molecule has 6 N–H and O–H groups in total. The third-order valence-corrected chi connectivity index (χ3v) is 14.6. The second-order valence-corrected chi connectivity index (χ2v) is 20.2. The van der Waals surface area contributed by atoms with Gasteiger partial charge >= 0.3 is 17.9 Å². The SMILES string of the molecule is CCCCC[C@H]1CCCCCCCCCC(=O)O[C@H]2[C@H](O[C@H]3[C@H](O1)O[C@H](C)[C@H](O)[C@@H]3O)O[C@@H](C)[C@H](O[C@@H]1O[C@@H](C)[C@H](O[C@@H]3O[C@@H](C)[C@H](OC(=O)[C@@H](C)CC)[C@@H](O)[C@H]3O)[C@@H](O)[C@H]1OC(=O)[C@@H](C)CC)[C@H]2O. The average Bonchev–Trinajstić information content (AvgIpc) is 3.32. The molecule has 5 rings (SSSR count). The van der Waals surface area contributed by atoms with Gasteiger partial charge in [-0.25, -0.2) is 0 Å². The number of hydrogen-bond acceptors (Lipinski definition) is 20. The number of carbonyl (C=O) groups excluding carboxylic acids is 3. The van der Waals surface area contributed by atoms with E-state index in [1.54, 1.807) is 34.6 Å². The molecule has 406 valence electrons. The molecule has 5 fully saturated rings. The highest BCUT2D eigenvalue weighted by Crippen LogP contribution is 2.37. The molecule has 5 aliphatic heterocycles. The van der Waals surface area contributed by atoms with Crippen molar-refractivity contribution in [2.45, 2.75) is 288 Å². The van der Waals surface area contributed by atoms with Gasteiger partial charge in [0.05, 0.1) is 42.4 Å². The van der Waals surface area contributed by atoms with Crippen LogP contribution in [0.2, 0.25) is 0 Å². The van der Waals surface area contributed by atoms with Crippen LogP contribution in [0.15, 0.2) is 0 Å². The molecular formula is C50H86O20. The fourth-order valence-electron chi connectivity index (χ4n) is 9.50. The van der Waals surface area contributed by atoms with E-state index >= 15 is 0 Å². The largest absolute Gasteiger partial charge is 0.457 e. The first kappa shape index (κ1) is 58.7. The summed E-state index contributed by atoms with van der Waals surface area (Å²) >= 11 is 0. The van der Waals surface area contributed by atoms with E-state index in [0.717, 1.165) is 70.6 Å². The third kappa shape index (κ3) is 15.2. The van der Waals surface area contributed by atoms with Crippen molar-refractivity contribution in [3.8, 4) is 0 Å². The zero-order chi connectivity index (χ0) is 51.4. The van der Waals surface area contributed by atoms with Gasteiger partial charge in [0.15, 0.2) is 43.5 Å². The molecule has 23 atom stereocenters. The van der Waals surface area contributed by atoms with Crippen LogP contribution < -0.4 is 0 Å². The predicted molar refractivity (Wildman–Crippen MR) is 247 cm³/mol. The number of carbonyl (C=O) groups is 3. The van der Waals surface area contributed by atoms with Crippen molar-refractivity contribution in [2.75, 3.05) is 0 Å². The molecule has 0 amide bonds. The molecule has 0 aliphatic carbocycles. The normalized spacial score (nSPS) is 42.7. The van der Waals surface area contributed by atoms with Crippen LogP contribution in [0.4, 0.5) is 0 Å². The zero-order valence-corrected chi connectivity index (χ0v) is 42.8. The highest BCUT2D eigenvalue weighted by Gasteiger charge is 2.56. The predicted octanol–water partition coefficient (Wildman–Crippen LogP) is 3.60. The van der Waals surface area contributed by atoms with Crippen LogP contribution in [0, 0.1) is 11.8 Å². The molecule has 0 radical (unpaired) electrons. The van der Waals surface area contributed by atoms with E-state index in [2.05, 4.69) is 6.92 Å². The van der Waals surface area contributed by atoms with Crippen molar-refractivity contribution in [2.24, 2.45) is 11.8 Å². The number of aliphatic hydroxyl groups is 6. The van der Waals surface area contributed by atoms with E-state index in [0.29, 0.717) is 19.3 Å². The number of aliphatic hydroxyl groups excluding tert-OH is 6. The van der Waals surface area contributed by atoms with E-state index in [1.807, 2.05) is 6.92 Å². The summed E-state index contributed by atoms with van der Waals surface area (Å²) in [6.07, 6.45) is -16.9. The molecule has 0 unspecified atom stereocenters. The third-order valence-electron chi connectivity index (χ3n) is 14.6. The zero-order valence-electron chi connectivity index (χ0n) is 42.8. The number of unbranched alkanes of at least 4 members (excludes halogenated alkanes) is 2. The lowest BCUT2D eigenvalue weighted by molar-refractivity contribution is -0.387. The smallest absolute Gasteiger partial charge is 0.309 e. The van der Waals surface area contributed by atoms with Gasteiger partial charge in [-0.3, -0.25) is 14.4 Å². The van der Waals surface area contributed by atoms with Gasteiger partial charge in [-0.15, -0.1) is 0 Å². The molecule has 20 heteroatoms. The van der Waals surface area contributed by atoms with Crippen LogP contribution in [-0.4, -0.2) is 177 Å². The molecule has 5 heterocycles. The number of ether oxygens (including phenoxy) is 11. The summed E-state index contributed by atoms with van der Waals surface area (Å²) in [5, 5.41) is 69.1. The first-order chi connectivity index (χ1) is 33.3. The highest BCUT2D eigenvalue weighted by atomic mass is 16.8. The summed E-state index contributed by atoms with van der Waals surface area (Å²) in [7, 11) is 0. The molecule has 0 saturated carbocycles. The summed E-state index contributed by atoms with van der Waals surface area (Å²) in [4.78, 5) is 39.6. The quantitative estimate of drug-likeness (QED) is 0.0824. The maximum absolute atomic E-state index is 13.6. The van der Waals surface area contributed by atoms with Crippen molar-refractivity contribution in [3.63, 3.8) is 0 Å². The van der Waals surface area contributed by atoms with Gasteiger partial charge in [0.2, 0.25) is 0 Å². The van der Waals surface area contributed by atoms with Crippen LogP contribution in [0.5, 0.6) is 0 Å². The molecule has 0 bridgehead atoms. The van der Waals surface area contributed by atoms with E-state index < -0.39 is 153 Å². The summed E-state index contributed by atoms with van der Waals surface area (Å²) < 4.78 is 67.6. The minimum absolute atomic E-state index is 0.0249.